The second-order valence-corrected chi connectivity index (χ2v) is 6.25. The molecule has 0 aliphatic carbocycles. The molecule has 1 fully saturated rings. The van der Waals surface area contributed by atoms with E-state index in [0.717, 1.165) is 12.8 Å². The molecule has 1 atom stereocenters. The Bertz CT molecular complexity index is 702. The lowest BCUT2D eigenvalue weighted by atomic mass is 10.2. The van der Waals surface area contributed by atoms with Crippen LogP contribution in [0.1, 0.15) is 23.8 Å². The van der Waals surface area contributed by atoms with E-state index < -0.39 is 4.92 Å². The zero-order valence-electron chi connectivity index (χ0n) is 12.4. The topological polar surface area (TPSA) is 72.7 Å². The molecule has 1 aromatic carbocycles. The number of rotatable bonds is 5. The number of likely N-dealkylation sites (tertiary alicyclic amines) is 1. The molecule has 0 saturated carbocycles. The number of amides is 1. The zero-order chi connectivity index (χ0) is 16.2. The zero-order valence-corrected chi connectivity index (χ0v) is 13.2. The van der Waals surface area contributed by atoms with Crippen LogP contribution in [0.15, 0.2) is 41.8 Å². The molecule has 0 spiro atoms. The summed E-state index contributed by atoms with van der Waals surface area (Å²) < 4.78 is 5.41. The molecular weight excluding hydrogens is 316 g/mol. The minimum absolute atomic E-state index is 0.0943. The first-order chi connectivity index (χ1) is 11.2. The van der Waals surface area contributed by atoms with E-state index in [9.17, 15) is 14.9 Å². The van der Waals surface area contributed by atoms with Gasteiger partial charge >= 0.3 is 5.69 Å². The maximum absolute atomic E-state index is 12.4. The van der Waals surface area contributed by atoms with Gasteiger partial charge in [-0.2, -0.15) is 0 Å². The highest BCUT2D eigenvalue weighted by Crippen LogP contribution is 2.34. The number of hydrogen-bond donors (Lipinski definition) is 0. The van der Waals surface area contributed by atoms with Crippen molar-refractivity contribution in [2.45, 2.75) is 18.9 Å². The Balaban J connectivity index is 1.67. The Morgan fingerprint density at radius 3 is 2.91 bits per heavy atom. The molecule has 7 heteroatoms. The van der Waals surface area contributed by atoms with E-state index in [1.54, 1.807) is 28.4 Å². The molecule has 1 aromatic heterocycles. The minimum atomic E-state index is -0.510. The molecule has 1 saturated heterocycles. The number of para-hydroxylation sites is 2. The lowest BCUT2D eigenvalue weighted by Gasteiger charge is -2.23. The Hall–Kier alpha value is -2.41. The van der Waals surface area contributed by atoms with Crippen LogP contribution in [0.2, 0.25) is 0 Å². The molecular formula is C16H16N2O4S. The summed E-state index contributed by atoms with van der Waals surface area (Å²) in [5.41, 5.74) is -0.128. The molecule has 2 heterocycles. The Labute approximate surface area is 137 Å². The van der Waals surface area contributed by atoms with E-state index in [1.165, 1.54) is 17.0 Å². The molecule has 1 unspecified atom stereocenters. The average Bonchev–Trinajstić information content (AvgIpc) is 3.23. The fourth-order valence-corrected chi connectivity index (χ4v) is 3.67. The molecule has 0 bridgehead atoms. The third kappa shape index (κ3) is 3.34. The number of nitro benzene ring substituents is 1. The van der Waals surface area contributed by atoms with Gasteiger partial charge in [-0.05, 0) is 30.4 Å². The van der Waals surface area contributed by atoms with Gasteiger partial charge in [-0.1, -0.05) is 18.2 Å². The average molecular weight is 332 g/mol. The summed E-state index contributed by atoms with van der Waals surface area (Å²) in [6.07, 6.45) is 1.90. The summed E-state index contributed by atoms with van der Waals surface area (Å²) in [5.74, 6) is -0.0169. The van der Waals surface area contributed by atoms with Gasteiger partial charge < -0.3 is 9.64 Å². The van der Waals surface area contributed by atoms with Crippen molar-refractivity contribution in [1.29, 1.82) is 0 Å². The van der Waals surface area contributed by atoms with Crippen molar-refractivity contribution >= 4 is 22.9 Å². The third-order valence-corrected chi connectivity index (χ3v) is 4.83. The van der Waals surface area contributed by atoms with E-state index in [4.69, 9.17) is 4.74 Å². The first kappa shape index (κ1) is 15.5. The van der Waals surface area contributed by atoms with Gasteiger partial charge in [-0.3, -0.25) is 14.9 Å². The lowest BCUT2D eigenvalue weighted by molar-refractivity contribution is -0.385. The van der Waals surface area contributed by atoms with E-state index in [0.29, 0.717) is 6.54 Å². The van der Waals surface area contributed by atoms with Crippen molar-refractivity contribution in [3.8, 4) is 5.75 Å². The van der Waals surface area contributed by atoms with E-state index in [2.05, 4.69) is 0 Å². The molecule has 1 aliphatic rings. The number of ether oxygens (including phenoxy) is 1. The lowest BCUT2D eigenvalue weighted by Crippen LogP contribution is -2.34. The largest absolute Gasteiger partial charge is 0.477 e. The molecule has 3 rings (SSSR count). The Morgan fingerprint density at radius 1 is 1.35 bits per heavy atom. The van der Waals surface area contributed by atoms with Gasteiger partial charge in [0.15, 0.2) is 12.4 Å². The van der Waals surface area contributed by atoms with Gasteiger partial charge in [0.2, 0.25) is 0 Å². The molecule has 0 radical (unpaired) electrons. The van der Waals surface area contributed by atoms with E-state index in [1.807, 2.05) is 17.5 Å². The maximum Gasteiger partial charge on any atom is 0.310 e. The summed E-state index contributed by atoms with van der Waals surface area (Å²) in [6, 6.07) is 10.2. The quantitative estimate of drug-likeness (QED) is 0.621. The second kappa shape index (κ2) is 6.78. The van der Waals surface area contributed by atoms with Crippen molar-refractivity contribution in [3.05, 3.63) is 56.8 Å². The normalized spacial score (nSPS) is 17.2. The number of carbonyl (C=O) groups is 1. The van der Waals surface area contributed by atoms with Crippen LogP contribution in [0.5, 0.6) is 5.75 Å². The number of nitro groups is 1. The first-order valence-corrected chi connectivity index (χ1v) is 8.24. The van der Waals surface area contributed by atoms with Crippen molar-refractivity contribution < 1.29 is 14.5 Å². The van der Waals surface area contributed by atoms with Crippen LogP contribution < -0.4 is 4.74 Å². The van der Waals surface area contributed by atoms with Crippen LogP contribution in [0, 0.1) is 10.1 Å². The fraction of sp³-hybridized carbons (Fsp3) is 0.312. The standard InChI is InChI=1S/C16H16N2O4S/c19-16(11-22-14-7-2-1-5-12(14)18(20)21)17-9-3-6-13(17)15-8-4-10-23-15/h1-2,4-5,7-8,10,13H,3,6,9,11H2. The molecule has 6 nitrogen and oxygen atoms in total. The number of thiophene rings is 1. The molecule has 1 amide bonds. The fourth-order valence-electron chi connectivity index (χ4n) is 2.79. The molecule has 0 N–H and O–H groups in total. The van der Waals surface area contributed by atoms with Crippen LogP contribution in [0.4, 0.5) is 5.69 Å². The molecule has 120 valence electrons. The van der Waals surface area contributed by atoms with Crippen molar-refractivity contribution in [1.82, 2.24) is 4.90 Å². The van der Waals surface area contributed by atoms with Crippen LogP contribution in [0.25, 0.3) is 0 Å². The van der Waals surface area contributed by atoms with Crippen LogP contribution in [-0.2, 0) is 4.79 Å². The molecule has 2 aromatic rings. The van der Waals surface area contributed by atoms with Crippen molar-refractivity contribution in [2.75, 3.05) is 13.2 Å². The Morgan fingerprint density at radius 2 is 2.17 bits per heavy atom. The second-order valence-electron chi connectivity index (χ2n) is 5.27. The van der Waals surface area contributed by atoms with Gasteiger partial charge in [0.1, 0.15) is 0 Å². The SMILES string of the molecule is O=C(COc1ccccc1[N+](=O)[O-])N1CCCC1c1cccs1. The summed E-state index contributed by atoms with van der Waals surface area (Å²) in [4.78, 5) is 25.9. The van der Waals surface area contributed by atoms with Crippen LogP contribution in [0.3, 0.4) is 0 Å². The summed E-state index contributed by atoms with van der Waals surface area (Å²) >= 11 is 1.64. The number of carbonyl (C=O) groups excluding carboxylic acids is 1. The summed E-state index contributed by atoms with van der Waals surface area (Å²) in [7, 11) is 0. The van der Waals surface area contributed by atoms with Crippen molar-refractivity contribution in [2.24, 2.45) is 0 Å². The molecule has 23 heavy (non-hydrogen) atoms. The van der Waals surface area contributed by atoms with Gasteiger partial charge in [0.05, 0.1) is 11.0 Å². The highest BCUT2D eigenvalue weighted by molar-refractivity contribution is 7.10. The molecule has 1 aliphatic heterocycles. The maximum atomic E-state index is 12.4. The number of nitrogens with zero attached hydrogens (tertiary/aromatic N) is 2. The van der Waals surface area contributed by atoms with Gasteiger partial charge in [0.25, 0.3) is 5.91 Å². The summed E-state index contributed by atoms with van der Waals surface area (Å²) in [6.45, 7) is 0.508. The number of hydrogen-bond acceptors (Lipinski definition) is 5. The smallest absolute Gasteiger partial charge is 0.310 e. The van der Waals surface area contributed by atoms with Crippen LogP contribution in [-0.4, -0.2) is 28.9 Å². The van der Waals surface area contributed by atoms with E-state index in [-0.39, 0.29) is 30.0 Å². The van der Waals surface area contributed by atoms with Gasteiger partial charge in [0, 0.05) is 17.5 Å². The highest BCUT2D eigenvalue weighted by atomic mass is 32.1. The third-order valence-electron chi connectivity index (χ3n) is 3.86. The van der Waals surface area contributed by atoms with Gasteiger partial charge in [-0.25, -0.2) is 0 Å². The summed E-state index contributed by atoms with van der Waals surface area (Å²) in [5, 5.41) is 13.0. The van der Waals surface area contributed by atoms with Gasteiger partial charge in [-0.15, -0.1) is 11.3 Å². The highest BCUT2D eigenvalue weighted by Gasteiger charge is 2.31. The Kier molecular flexibility index (Phi) is 4.57. The minimum Gasteiger partial charge on any atom is -0.477 e. The van der Waals surface area contributed by atoms with Crippen molar-refractivity contribution in [3.63, 3.8) is 0 Å². The monoisotopic (exact) mass is 332 g/mol. The predicted octanol–water partition coefficient (Wildman–Crippen LogP) is 3.40. The first-order valence-electron chi connectivity index (χ1n) is 7.36. The van der Waals surface area contributed by atoms with E-state index >= 15 is 0 Å². The number of benzene rings is 1. The van der Waals surface area contributed by atoms with Crippen LogP contribution >= 0.6 is 11.3 Å². The predicted molar refractivity (Wildman–Crippen MR) is 86.6 cm³/mol.